The summed E-state index contributed by atoms with van der Waals surface area (Å²) in [5, 5.41) is 0. The molecule has 1 unspecified atom stereocenters. The van der Waals surface area contributed by atoms with Crippen LogP contribution in [0.3, 0.4) is 0 Å². The van der Waals surface area contributed by atoms with E-state index in [1.165, 1.54) is 44.9 Å². The molecule has 1 atom stereocenters. The molecule has 0 saturated heterocycles. The van der Waals surface area contributed by atoms with E-state index >= 15 is 0 Å². The minimum Gasteiger partial charge on any atom is -0.297 e. The Bertz CT molecular complexity index is 129. The molecular formula is C11H21N. The summed E-state index contributed by atoms with van der Waals surface area (Å²) in [5.74, 6) is 0.711. The first-order valence-corrected chi connectivity index (χ1v) is 5.39. The van der Waals surface area contributed by atoms with Gasteiger partial charge in [0.15, 0.2) is 0 Å². The molecule has 0 spiro atoms. The third-order valence-electron chi connectivity index (χ3n) is 2.56. The third kappa shape index (κ3) is 4.53. The van der Waals surface area contributed by atoms with E-state index in [1.807, 2.05) is 0 Å². The van der Waals surface area contributed by atoms with E-state index in [4.69, 9.17) is 0 Å². The van der Waals surface area contributed by atoms with E-state index < -0.39 is 0 Å². The Labute approximate surface area is 76.3 Å². The van der Waals surface area contributed by atoms with E-state index in [1.54, 1.807) is 0 Å². The number of rotatable bonds is 0. The fourth-order valence-electron chi connectivity index (χ4n) is 1.71. The summed E-state index contributed by atoms with van der Waals surface area (Å²) in [4.78, 5) is 4.43. The Morgan fingerprint density at radius 1 is 1.00 bits per heavy atom. The van der Waals surface area contributed by atoms with Gasteiger partial charge in [0.2, 0.25) is 0 Å². The Hall–Kier alpha value is -0.330. The zero-order chi connectivity index (χ0) is 8.65. The highest BCUT2D eigenvalue weighted by Gasteiger charge is 1.99. The van der Waals surface area contributed by atoms with Crippen molar-refractivity contribution in [3.8, 4) is 0 Å². The van der Waals surface area contributed by atoms with Gasteiger partial charge in [-0.25, -0.2) is 0 Å². The van der Waals surface area contributed by atoms with Crippen LogP contribution >= 0.6 is 0 Å². The monoisotopic (exact) mass is 167 g/mol. The van der Waals surface area contributed by atoms with Crippen LogP contribution in [0.2, 0.25) is 0 Å². The van der Waals surface area contributed by atoms with E-state index in [0.29, 0.717) is 5.92 Å². The molecule has 1 aliphatic rings. The minimum absolute atomic E-state index is 0.711. The van der Waals surface area contributed by atoms with E-state index in [0.717, 1.165) is 6.54 Å². The average Bonchev–Trinajstić information content (AvgIpc) is 2.11. The molecule has 1 aliphatic heterocycles. The van der Waals surface area contributed by atoms with Gasteiger partial charge >= 0.3 is 0 Å². The molecule has 0 radical (unpaired) electrons. The number of hydrogen-bond donors (Lipinski definition) is 0. The lowest BCUT2D eigenvalue weighted by molar-refractivity contribution is 0.563. The van der Waals surface area contributed by atoms with Crippen molar-refractivity contribution < 1.29 is 0 Å². The zero-order valence-electron chi connectivity index (χ0n) is 8.26. The van der Waals surface area contributed by atoms with Crippen LogP contribution in [0.15, 0.2) is 4.99 Å². The maximum Gasteiger partial charge on any atom is 0.0385 e. The summed E-state index contributed by atoms with van der Waals surface area (Å²) in [7, 11) is 0. The number of hydrogen-bond acceptors (Lipinski definition) is 1. The molecule has 1 heteroatoms. The molecule has 1 nitrogen and oxygen atoms in total. The molecule has 0 bridgehead atoms. The van der Waals surface area contributed by atoms with Crippen LogP contribution < -0.4 is 0 Å². The summed E-state index contributed by atoms with van der Waals surface area (Å²) in [6.45, 7) is 3.34. The standard InChI is InChI=1S/C11H21N/c1-11-8-6-4-2-3-5-7-9-12-10-11/h10-11H,2-9H2,1H3. The van der Waals surface area contributed by atoms with Crippen LogP contribution in [0, 0.1) is 5.92 Å². The second-order valence-corrected chi connectivity index (χ2v) is 3.94. The second kappa shape index (κ2) is 6.22. The molecule has 12 heavy (non-hydrogen) atoms. The summed E-state index contributed by atoms with van der Waals surface area (Å²) in [6, 6.07) is 0. The predicted molar refractivity (Wildman–Crippen MR) is 54.8 cm³/mol. The summed E-state index contributed by atoms with van der Waals surface area (Å²) in [5.41, 5.74) is 0. The summed E-state index contributed by atoms with van der Waals surface area (Å²) >= 11 is 0. The smallest absolute Gasteiger partial charge is 0.0385 e. The Balaban J connectivity index is 2.24. The van der Waals surface area contributed by atoms with Gasteiger partial charge in [0.05, 0.1) is 0 Å². The van der Waals surface area contributed by atoms with Crippen molar-refractivity contribution in [2.75, 3.05) is 6.54 Å². The van der Waals surface area contributed by atoms with Crippen LogP contribution in [0.5, 0.6) is 0 Å². The molecule has 0 aromatic heterocycles. The minimum atomic E-state index is 0.711. The number of nitrogens with zero attached hydrogens (tertiary/aromatic N) is 1. The molecule has 0 aromatic rings. The Kier molecular flexibility index (Phi) is 5.05. The molecule has 0 aromatic carbocycles. The lowest BCUT2D eigenvalue weighted by atomic mass is 10.0. The second-order valence-electron chi connectivity index (χ2n) is 3.94. The first-order chi connectivity index (χ1) is 5.89. The van der Waals surface area contributed by atoms with Gasteiger partial charge in [0.25, 0.3) is 0 Å². The largest absolute Gasteiger partial charge is 0.297 e. The van der Waals surface area contributed by atoms with Gasteiger partial charge < -0.3 is 0 Å². The van der Waals surface area contributed by atoms with Crippen molar-refractivity contribution in [3.05, 3.63) is 0 Å². The number of aliphatic imine (C=N–C) groups is 1. The van der Waals surface area contributed by atoms with Gasteiger partial charge in [-0.2, -0.15) is 0 Å². The van der Waals surface area contributed by atoms with Crippen LogP contribution in [0.25, 0.3) is 0 Å². The van der Waals surface area contributed by atoms with Gasteiger partial charge in [-0.3, -0.25) is 4.99 Å². The van der Waals surface area contributed by atoms with Gasteiger partial charge in [-0.05, 0) is 18.8 Å². The van der Waals surface area contributed by atoms with Crippen LogP contribution in [0.4, 0.5) is 0 Å². The highest BCUT2D eigenvalue weighted by molar-refractivity contribution is 5.59. The maximum atomic E-state index is 4.43. The van der Waals surface area contributed by atoms with Crippen molar-refractivity contribution in [2.24, 2.45) is 10.9 Å². The first kappa shape index (κ1) is 9.76. The van der Waals surface area contributed by atoms with Crippen molar-refractivity contribution in [3.63, 3.8) is 0 Å². The van der Waals surface area contributed by atoms with E-state index in [2.05, 4.69) is 18.1 Å². The fourth-order valence-corrected chi connectivity index (χ4v) is 1.71. The first-order valence-electron chi connectivity index (χ1n) is 5.39. The van der Waals surface area contributed by atoms with Gasteiger partial charge in [0.1, 0.15) is 0 Å². The molecule has 0 N–H and O–H groups in total. The topological polar surface area (TPSA) is 12.4 Å². The van der Waals surface area contributed by atoms with E-state index in [9.17, 15) is 0 Å². The fraction of sp³-hybridized carbons (Fsp3) is 0.909. The molecule has 70 valence electrons. The van der Waals surface area contributed by atoms with E-state index in [-0.39, 0.29) is 0 Å². The zero-order valence-corrected chi connectivity index (χ0v) is 8.26. The van der Waals surface area contributed by atoms with Crippen molar-refractivity contribution in [2.45, 2.75) is 51.9 Å². The van der Waals surface area contributed by atoms with Crippen LogP contribution in [0.1, 0.15) is 51.9 Å². The van der Waals surface area contributed by atoms with Crippen LogP contribution in [-0.2, 0) is 0 Å². The highest BCUT2D eigenvalue weighted by atomic mass is 14.7. The highest BCUT2D eigenvalue weighted by Crippen LogP contribution is 2.12. The average molecular weight is 167 g/mol. The van der Waals surface area contributed by atoms with Crippen LogP contribution in [-0.4, -0.2) is 12.8 Å². The van der Waals surface area contributed by atoms with Crippen molar-refractivity contribution in [1.29, 1.82) is 0 Å². The van der Waals surface area contributed by atoms with Gasteiger partial charge in [-0.15, -0.1) is 0 Å². The third-order valence-corrected chi connectivity index (χ3v) is 2.56. The Morgan fingerprint density at radius 2 is 1.67 bits per heavy atom. The summed E-state index contributed by atoms with van der Waals surface area (Å²) < 4.78 is 0. The normalized spacial score (nSPS) is 27.9. The molecule has 0 fully saturated rings. The maximum absolute atomic E-state index is 4.43. The molecule has 0 saturated carbocycles. The quantitative estimate of drug-likeness (QED) is 0.524. The predicted octanol–water partition coefficient (Wildman–Crippen LogP) is 3.44. The Morgan fingerprint density at radius 3 is 2.50 bits per heavy atom. The lowest BCUT2D eigenvalue weighted by Gasteiger charge is -2.03. The molecule has 1 rings (SSSR count). The summed E-state index contributed by atoms with van der Waals surface area (Å²) in [6.07, 6.45) is 11.9. The molecule has 1 heterocycles. The lowest BCUT2D eigenvalue weighted by Crippen LogP contribution is -1.96. The molecule has 0 amide bonds. The van der Waals surface area contributed by atoms with Crippen molar-refractivity contribution in [1.82, 2.24) is 0 Å². The SMILES string of the molecule is CC1C=NCCCCCCCC1. The van der Waals surface area contributed by atoms with Gasteiger partial charge in [0, 0.05) is 12.8 Å². The molecular weight excluding hydrogens is 146 g/mol. The van der Waals surface area contributed by atoms with Crippen molar-refractivity contribution >= 4 is 6.21 Å². The van der Waals surface area contributed by atoms with Gasteiger partial charge in [-0.1, -0.05) is 39.0 Å². The molecule has 0 aliphatic carbocycles.